The third-order valence-electron chi connectivity index (χ3n) is 5.30. The quantitative estimate of drug-likeness (QED) is 0.729. The number of hydrogen-bond donors (Lipinski definition) is 1. The second-order valence-corrected chi connectivity index (χ2v) is 8.83. The Labute approximate surface area is 154 Å². The van der Waals surface area contributed by atoms with Crippen molar-refractivity contribution < 1.29 is 8.42 Å². The summed E-state index contributed by atoms with van der Waals surface area (Å²) in [6.45, 7) is 2.64. The molecule has 1 aliphatic heterocycles. The summed E-state index contributed by atoms with van der Waals surface area (Å²) in [5, 5.41) is 1.12. The van der Waals surface area contributed by atoms with Gasteiger partial charge in [0, 0.05) is 17.8 Å². The molecule has 2 aromatic carbocycles. The fraction of sp³-hybridized carbons (Fsp3) is 0.333. The van der Waals surface area contributed by atoms with E-state index in [9.17, 15) is 8.42 Å². The summed E-state index contributed by atoms with van der Waals surface area (Å²) in [6, 6.07) is 17.3. The molecule has 0 saturated carbocycles. The van der Waals surface area contributed by atoms with Crippen molar-refractivity contribution in [2.24, 2.45) is 0 Å². The smallest absolute Gasteiger partial charge is 0.243 e. The summed E-state index contributed by atoms with van der Waals surface area (Å²) in [4.78, 5) is 3.82. The topological polar surface area (TPSA) is 53.2 Å². The standard InChI is InChI=1S/C21H24N2O2S/c1-2-16-10-12-18(13-11-16)26(24,25)23-14-6-5-9-21(23)20-15-17-7-3-4-8-19(17)22-20/h3-4,7-8,10-13,15,21-22H,2,5-6,9,14H2,1H3. The van der Waals surface area contributed by atoms with Crippen LogP contribution in [0.1, 0.15) is 43.5 Å². The van der Waals surface area contributed by atoms with Gasteiger partial charge in [0.25, 0.3) is 0 Å². The largest absolute Gasteiger partial charge is 0.357 e. The number of fused-ring (bicyclic) bond motifs is 1. The van der Waals surface area contributed by atoms with Crippen molar-refractivity contribution in [3.63, 3.8) is 0 Å². The third kappa shape index (κ3) is 3.06. The summed E-state index contributed by atoms with van der Waals surface area (Å²) < 4.78 is 28.3. The van der Waals surface area contributed by atoms with Gasteiger partial charge in [0.2, 0.25) is 10.0 Å². The van der Waals surface area contributed by atoms with Gasteiger partial charge in [-0.2, -0.15) is 4.31 Å². The Bertz CT molecular complexity index is 973. The van der Waals surface area contributed by atoms with Crippen LogP contribution in [-0.2, 0) is 16.4 Å². The van der Waals surface area contributed by atoms with Crippen LogP contribution < -0.4 is 0 Å². The Morgan fingerprint density at radius 1 is 1.08 bits per heavy atom. The van der Waals surface area contributed by atoms with Crippen LogP contribution in [0.3, 0.4) is 0 Å². The monoisotopic (exact) mass is 368 g/mol. The van der Waals surface area contributed by atoms with E-state index in [1.54, 1.807) is 16.4 Å². The van der Waals surface area contributed by atoms with Crippen molar-refractivity contribution >= 4 is 20.9 Å². The molecular formula is C21H24N2O2S. The summed E-state index contributed by atoms with van der Waals surface area (Å²) in [5.74, 6) is 0. The molecule has 0 bridgehead atoms. The van der Waals surface area contributed by atoms with Crippen LogP contribution in [0.25, 0.3) is 10.9 Å². The molecule has 4 rings (SSSR count). The van der Waals surface area contributed by atoms with E-state index in [4.69, 9.17) is 0 Å². The van der Waals surface area contributed by atoms with E-state index in [0.717, 1.165) is 47.8 Å². The number of hydrogen-bond acceptors (Lipinski definition) is 2. The lowest BCUT2D eigenvalue weighted by atomic mass is 10.0. The molecule has 3 aromatic rings. The van der Waals surface area contributed by atoms with Gasteiger partial charge in [0.05, 0.1) is 10.9 Å². The van der Waals surface area contributed by atoms with Crippen molar-refractivity contribution in [3.8, 4) is 0 Å². The third-order valence-corrected chi connectivity index (χ3v) is 7.22. The number of benzene rings is 2. The van der Waals surface area contributed by atoms with Gasteiger partial charge in [0.15, 0.2) is 0 Å². The molecular weight excluding hydrogens is 344 g/mol. The van der Waals surface area contributed by atoms with Gasteiger partial charge in [-0.1, -0.05) is 43.7 Å². The van der Waals surface area contributed by atoms with Crippen LogP contribution in [0.5, 0.6) is 0 Å². The number of para-hydroxylation sites is 1. The molecule has 1 atom stereocenters. The summed E-state index contributed by atoms with van der Waals surface area (Å²) >= 11 is 0. The molecule has 1 N–H and O–H groups in total. The summed E-state index contributed by atoms with van der Waals surface area (Å²) in [6.07, 6.45) is 3.70. The second-order valence-electron chi connectivity index (χ2n) is 6.94. The minimum Gasteiger partial charge on any atom is -0.357 e. The van der Waals surface area contributed by atoms with Crippen molar-refractivity contribution in [3.05, 3.63) is 65.9 Å². The average Bonchev–Trinajstić information content (AvgIpc) is 3.12. The molecule has 0 spiro atoms. The first kappa shape index (κ1) is 17.3. The SMILES string of the molecule is CCc1ccc(S(=O)(=O)N2CCCCC2c2cc3ccccc3[nH]2)cc1. The summed E-state index contributed by atoms with van der Waals surface area (Å²) in [7, 11) is -3.51. The number of aromatic amines is 1. The van der Waals surface area contributed by atoms with Crippen LogP contribution >= 0.6 is 0 Å². The van der Waals surface area contributed by atoms with Crippen LogP contribution in [0.15, 0.2) is 59.5 Å². The second kappa shape index (κ2) is 6.89. The maximum Gasteiger partial charge on any atom is 0.243 e. The number of sulfonamides is 1. The molecule has 0 aliphatic carbocycles. The maximum absolute atomic E-state index is 13.3. The molecule has 1 unspecified atom stereocenters. The molecule has 2 heterocycles. The first-order chi connectivity index (χ1) is 12.6. The number of aromatic nitrogens is 1. The minimum atomic E-state index is -3.51. The lowest BCUT2D eigenvalue weighted by Gasteiger charge is -2.34. The number of aryl methyl sites for hydroxylation is 1. The Kier molecular flexibility index (Phi) is 4.59. The Morgan fingerprint density at radius 3 is 2.58 bits per heavy atom. The number of rotatable bonds is 4. The normalized spacial score (nSPS) is 19.0. The highest BCUT2D eigenvalue weighted by molar-refractivity contribution is 7.89. The molecule has 1 saturated heterocycles. The predicted molar refractivity (Wildman–Crippen MR) is 105 cm³/mol. The predicted octanol–water partition coefficient (Wildman–Crippen LogP) is 4.65. The zero-order chi connectivity index (χ0) is 18.1. The van der Waals surface area contributed by atoms with Crippen LogP contribution in [0.2, 0.25) is 0 Å². The van der Waals surface area contributed by atoms with Gasteiger partial charge in [-0.3, -0.25) is 0 Å². The first-order valence-corrected chi connectivity index (χ1v) is 10.7. The molecule has 0 radical (unpaired) electrons. The molecule has 26 heavy (non-hydrogen) atoms. The molecule has 5 heteroatoms. The van der Waals surface area contributed by atoms with E-state index in [2.05, 4.69) is 24.0 Å². The van der Waals surface area contributed by atoms with Crippen molar-refractivity contribution in [1.29, 1.82) is 0 Å². The van der Waals surface area contributed by atoms with E-state index in [1.165, 1.54) is 0 Å². The highest BCUT2D eigenvalue weighted by Crippen LogP contribution is 2.36. The molecule has 0 amide bonds. The van der Waals surface area contributed by atoms with E-state index in [-0.39, 0.29) is 6.04 Å². The zero-order valence-electron chi connectivity index (χ0n) is 15.0. The fourth-order valence-corrected chi connectivity index (χ4v) is 5.49. The highest BCUT2D eigenvalue weighted by Gasteiger charge is 2.35. The molecule has 136 valence electrons. The van der Waals surface area contributed by atoms with Gasteiger partial charge in [-0.25, -0.2) is 8.42 Å². The van der Waals surface area contributed by atoms with Gasteiger partial charge < -0.3 is 4.98 Å². The zero-order valence-corrected chi connectivity index (χ0v) is 15.8. The maximum atomic E-state index is 13.3. The van der Waals surface area contributed by atoms with E-state index in [0.29, 0.717) is 11.4 Å². The number of H-pyrrole nitrogens is 1. The molecule has 1 aliphatic rings. The first-order valence-electron chi connectivity index (χ1n) is 9.28. The fourth-order valence-electron chi connectivity index (χ4n) is 3.81. The van der Waals surface area contributed by atoms with Crippen molar-refractivity contribution in [2.75, 3.05) is 6.54 Å². The van der Waals surface area contributed by atoms with Gasteiger partial charge in [-0.15, -0.1) is 0 Å². The number of piperidine rings is 1. The Morgan fingerprint density at radius 2 is 1.85 bits per heavy atom. The molecule has 1 aromatic heterocycles. The van der Waals surface area contributed by atoms with Crippen LogP contribution in [-0.4, -0.2) is 24.3 Å². The van der Waals surface area contributed by atoms with Gasteiger partial charge >= 0.3 is 0 Å². The Balaban J connectivity index is 1.72. The van der Waals surface area contributed by atoms with E-state index in [1.807, 2.05) is 30.3 Å². The number of nitrogens with zero attached hydrogens (tertiary/aromatic N) is 1. The number of nitrogens with one attached hydrogen (secondary N) is 1. The van der Waals surface area contributed by atoms with Crippen molar-refractivity contribution in [2.45, 2.75) is 43.5 Å². The highest BCUT2D eigenvalue weighted by atomic mass is 32.2. The van der Waals surface area contributed by atoms with Crippen LogP contribution in [0, 0.1) is 0 Å². The Hall–Kier alpha value is -2.11. The summed E-state index contributed by atoms with van der Waals surface area (Å²) in [5.41, 5.74) is 3.19. The van der Waals surface area contributed by atoms with E-state index >= 15 is 0 Å². The lowest BCUT2D eigenvalue weighted by molar-refractivity contribution is 0.252. The molecule has 1 fully saturated rings. The van der Waals surface area contributed by atoms with Crippen LogP contribution in [0.4, 0.5) is 0 Å². The lowest BCUT2D eigenvalue weighted by Crippen LogP contribution is -2.38. The molecule has 4 nitrogen and oxygen atoms in total. The van der Waals surface area contributed by atoms with Gasteiger partial charge in [0.1, 0.15) is 0 Å². The van der Waals surface area contributed by atoms with Crippen molar-refractivity contribution in [1.82, 2.24) is 9.29 Å². The van der Waals surface area contributed by atoms with Gasteiger partial charge in [-0.05, 0) is 54.5 Å². The van der Waals surface area contributed by atoms with E-state index < -0.39 is 10.0 Å². The average molecular weight is 369 g/mol. The minimum absolute atomic E-state index is 0.132.